The van der Waals surface area contributed by atoms with Crippen molar-refractivity contribution < 1.29 is 0 Å². The number of para-hydroxylation sites is 1. The molecule has 19 heavy (non-hydrogen) atoms. The van der Waals surface area contributed by atoms with Crippen LogP contribution < -0.4 is 4.90 Å². The van der Waals surface area contributed by atoms with Crippen LogP contribution in [0.3, 0.4) is 0 Å². The highest BCUT2D eigenvalue weighted by Gasteiger charge is 2.37. The molecule has 0 saturated carbocycles. The fourth-order valence-electron chi connectivity index (χ4n) is 3.60. The lowest BCUT2D eigenvalue weighted by Crippen LogP contribution is -2.55. The van der Waals surface area contributed by atoms with Crippen molar-refractivity contribution in [2.24, 2.45) is 5.41 Å². The lowest BCUT2D eigenvalue weighted by atomic mass is 9.79. The van der Waals surface area contributed by atoms with E-state index in [1.807, 2.05) is 0 Å². The maximum atomic E-state index is 2.56. The molecule has 0 heterocycles. The van der Waals surface area contributed by atoms with Gasteiger partial charge in [0, 0.05) is 16.8 Å². The van der Waals surface area contributed by atoms with E-state index in [1.165, 1.54) is 5.69 Å². The van der Waals surface area contributed by atoms with Crippen LogP contribution in [0.15, 0.2) is 30.3 Å². The fourth-order valence-corrected chi connectivity index (χ4v) is 3.60. The van der Waals surface area contributed by atoms with Gasteiger partial charge in [-0.25, -0.2) is 0 Å². The molecule has 0 aliphatic carbocycles. The normalized spacial score (nSPS) is 13.5. The maximum Gasteiger partial charge on any atom is 0.0374 e. The lowest BCUT2D eigenvalue weighted by molar-refractivity contribution is 0.243. The quantitative estimate of drug-likeness (QED) is 0.694. The van der Waals surface area contributed by atoms with Gasteiger partial charge in [0.15, 0.2) is 0 Å². The Morgan fingerprint density at radius 1 is 0.789 bits per heavy atom. The molecule has 0 amide bonds. The van der Waals surface area contributed by atoms with E-state index in [-0.39, 0.29) is 11.1 Å². The summed E-state index contributed by atoms with van der Waals surface area (Å²) in [4.78, 5) is 2.56. The third kappa shape index (κ3) is 4.56. The number of rotatable bonds is 3. The highest BCUT2D eigenvalue weighted by atomic mass is 15.2. The molecule has 1 heteroatoms. The Labute approximate surface area is 120 Å². The first-order chi connectivity index (χ1) is 8.43. The highest BCUT2D eigenvalue weighted by Crippen LogP contribution is 2.38. The molecule has 0 radical (unpaired) electrons. The van der Waals surface area contributed by atoms with E-state index in [0.29, 0.717) is 5.41 Å². The summed E-state index contributed by atoms with van der Waals surface area (Å²) in [6, 6.07) is 10.8. The van der Waals surface area contributed by atoms with Gasteiger partial charge in [-0.1, -0.05) is 39.0 Å². The monoisotopic (exact) mass is 261 g/mol. The number of hydrogen-bond acceptors (Lipinski definition) is 1. The SMILES string of the molecule is CC(C)(C)CC(C)(C)N(c1ccccc1)C(C)(C)C. The molecule has 1 rings (SSSR count). The Hall–Kier alpha value is -0.980. The van der Waals surface area contributed by atoms with Crippen LogP contribution in [0.4, 0.5) is 5.69 Å². The number of nitrogens with zero attached hydrogens (tertiary/aromatic N) is 1. The molecule has 1 aromatic rings. The van der Waals surface area contributed by atoms with Crippen molar-refractivity contribution in [2.75, 3.05) is 4.90 Å². The molecule has 0 atom stereocenters. The molecule has 0 saturated heterocycles. The Bertz CT molecular complexity index is 390. The second kappa shape index (κ2) is 5.19. The third-order valence-electron chi connectivity index (χ3n) is 3.25. The first-order valence-corrected chi connectivity index (χ1v) is 7.29. The number of benzene rings is 1. The van der Waals surface area contributed by atoms with Crippen LogP contribution in [0.1, 0.15) is 61.8 Å². The Balaban J connectivity index is 3.19. The Morgan fingerprint density at radius 2 is 1.26 bits per heavy atom. The molecular weight excluding hydrogens is 230 g/mol. The van der Waals surface area contributed by atoms with Crippen LogP contribution in [-0.4, -0.2) is 11.1 Å². The summed E-state index contributed by atoms with van der Waals surface area (Å²) in [5, 5.41) is 0. The Kier molecular flexibility index (Phi) is 4.39. The van der Waals surface area contributed by atoms with Gasteiger partial charge < -0.3 is 4.90 Å². The minimum atomic E-state index is 0.107. The van der Waals surface area contributed by atoms with Crippen LogP contribution >= 0.6 is 0 Å². The zero-order valence-electron chi connectivity index (χ0n) is 14.0. The molecule has 0 aliphatic rings. The lowest BCUT2D eigenvalue weighted by Gasteiger charge is -2.51. The van der Waals surface area contributed by atoms with Crippen LogP contribution in [0.25, 0.3) is 0 Å². The second-order valence-corrected chi connectivity index (χ2v) is 8.39. The van der Waals surface area contributed by atoms with E-state index in [2.05, 4.69) is 90.6 Å². The molecule has 0 N–H and O–H groups in total. The molecule has 0 aromatic heterocycles. The molecule has 0 aliphatic heterocycles. The molecule has 108 valence electrons. The van der Waals surface area contributed by atoms with Gasteiger partial charge >= 0.3 is 0 Å². The zero-order chi connectivity index (χ0) is 14.9. The van der Waals surface area contributed by atoms with Gasteiger partial charge in [-0.2, -0.15) is 0 Å². The minimum absolute atomic E-state index is 0.107. The van der Waals surface area contributed by atoms with Crippen LogP contribution in [-0.2, 0) is 0 Å². The van der Waals surface area contributed by atoms with Gasteiger partial charge in [-0.05, 0) is 58.6 Å². The summed E-state index contributed by atoms with van der Waals surface area (Å²) in [7, 11) is 0. The van der Waals surface area contributed by atoms with Crippen molar-refractivity contribution in [1.29, 1.82) is 0 Å². The maximum absolute atomic E-state index is 2.56. The number of anilines is 1. The standard InChI is InChI=1S/C18H31N/c1-16(2,3)14-18(7,8)19(17(4,5)6)15-12-10-9-11-13-15/h9-13H,14H2,1-8H3. The Morgan fingerprint density at radius 3 is 1.63 bits per heavy atom. The summed E-state index contributed by atoms with van der Waals surface area (Å²) in [6.07, 6.45) is 1.16. The minimum Gasteiger partial charge on any atom is -0.362 e. The van der Waals surface area contributed by atoms with E-state index in [1.54, 1.807) is 0 Å². The molecule has 1 aromatic carbocycles. The van der Waals surface area contributed by atoms with Gasteiger partial charge in [0.1, 0.15) is 0 Å². The molecular formula is C18H31N. The van der Waals surface area contributed by atoms with Crippen molar-refractivity contribution in [3.8, 4) is 0 Å². The van der Waals surface area contributed by atoms with Gasteiger partial charge in [0.2, 0.25) is 0 Å². The van der Waals surface area contributed by atoms with Crippen molar-refractivity contribution >= 4 is 5.69 Å². The van der Waals surface area contributed by atoms with Crippen molar-refractivity contribution in [2.45, 2.75) is 72.9 Å². The van der Waals surface area contributed by atoms with E-state index < -0.39 is 0 Å². The van der Waals surface area contributed by atoms with E-state index in [4.69, 9.17) is 0 Å². The van der Waals surface area contributed by atoms with Crippen molar-refractivity contribution in [3.05, 3.63) is 30.3 Å². The predicted octanol–water partition coefficient (Wildman–Crippen LogP) is 5.51. The highest BCUT2D eigenvalue weighted by molar-refractivity contribution is 5.51. The predicted molar refractivity (Wildman–Crippen MR) is 86.8 cm³/mol. The fraction of sp³-hybridized carbons (Fsp3) is 0.667. The summed E-state index contributed by atoms with van der Waals surface area (Å²) >= 11 is 0. The smallest absolute Gasteiger partial charge is 0.0374 e. The van der Waals surface area contributed by atoms with Gasteiger partial charge in [-0.15, -0.1) is 0 Å². The molecule has 0 spiro atoms. The van der Waals surface area contributed by atoms with Crippen LogP contribution in [0.5, 0.6) is 0 Å². The first kappa shape index (κ1) is 16.1. The average Bonchev–Trinajstić information content (AvgIpc) is 2.11. The van der Waals surface area contributed by atoms with Gasteiger partial charge in [-0.3, -0.25) is 0 Å². The second-order valence-electron chi connectivity index (χ2n) is 8.39. The summed E-state index contributed by atoms with van der Waals surface area (Å²) < 4.78 is 0. The first-order valence-electron chi connectivity index (χ1n) is 7.29. The summed E-state index contributed by atoms with van der Waals surface area (Å²) in [5.41, 5.74) is 1.86. The van der Waals surface area contributed by atoms with E-state index in [0.717, 1.165) is 6.42 Å². The molecule has 0 bridgehead atoms. The van der Waals surface area contributed by atoms with E-state index >= 15 is 0 Å². The van der Waals surface area contributed by atoms with Crippen LogP contribution in [0.2, 0.25) is 0 Å². The van der Waals surface area contributed by atoms with Crippen molar-refractivity contribution in [3.63, 3.8) is 0 Å². The zero-order valence-corrected chi connectivity index (χ0v) is 14.0. The van der Waals surface area contributed by atoms with Crippen LogP contribution in [0, 0.1) is 5.41 Å². The average molecular weight is 261 g/mol. The molecule has 0 unspecified atom stereocenters. The largest absolute Gasteiger partial charge is 0.362 e. The topological polar surface area (TPSA) is 3.24 Å². The number of hydrogen-bond donors (Lipinski definition) is 0. The summed E-state index contributed by atoms with van der Waals surface area (Å²) in [6.45, 7) is 18.6. The van der Waals surface area contributed by atoms with Gasteiger partial charge in [0.05, 0.1) is 0 Å². The third-order valence-corrected chi connectivity index (χ3v) is 3.25. The summed E-state index contributed by atoms with van der Waals surface area (Å²) in [5.74, 6) is 0. The molecule has 0 fully saturated rings. The van der Waals surface area contributed by atoms with Crippen molar-refractivity contribution in [1.82, 2.24) is 0 Å². The van der Waals surface area contributed by atoms with E-state index in [9.17, 15) is 0 Å². The molecule has 1 nitrogen and oxygen atoms in total. The van der Waals surface area contributed by atoms with Gasteiger partial charge in [0.25, 0.3) is 0 Å².